The average Bonchev–Trinajstić information content (AvgIpc) is 2.85. The zero-order valence-corrected chi connectivity index (χ0v) is 19.5. The van der Waals surface area contributed by atoms with Gasteiger partial charge in [0, 0.05) is 47.4 Å². The second kappa shape index (κ2) is 10.5. The minimum Gasteiger partial charge on any atom is -0.322 e. The maximum atomic E-state index is 14.4. The molecule has 1 N–H and O–H groups in total. The van der Waals surface area contributed by atoms with Gasteiger partial charge in [0.15, 0.2) is 0 Å². The molecule has 1 aromatic heterocycles. The number of nitrogens with zero attached hydrogens (tertiary/aromatic N) is 2. The van der Waals surface area contributed by atoms with Crippen molar-refractivity contribution >= 4 is 33.4 Å². The maximum Gasteiger partial charge on any atom is 0.255 e. The van der Waals surface area contributed by atoms with Gasteiger partial charge in [-0.15, -0.1) is 11.8 Å². The summed E-state index contributed by atoms with van der Waals surface area (Å²) in [6.45, 7) is 0.729. The highest BCUT2D eigenvalue weighted by atomic mass is 32.2. The predicted molar refractivity (Wildman–Crippen MR) is 127 cm³/mol. The van der Waals surface area contributed by atoms with E-state index in [9.17, 15) is 17.6 Å². The van der Waals surface area contributed by atoms with Crippen LogP contribution in [-0.4, -0.2) is 36.7 Å². The van der Waals surface area contributed by atoms with Crippen LogP contribution in [0.5, 0.6) is 0 Å². The molecule has 1 fully saturated rings. The Kier molecular flexibility index (Phi) is 7.42. The van der Waals surface area contributed by atoms with Crippen molar-refractivity contribution in [2.24, 2.45) is 0 Å². The minimum absolute atomic E-state index is 0.0852. The molecule has 0 spiro atoms. The van der Waals surface area contributed by atoms with Crippen LogP contribution in [0.25, 0.3) is 0 Å². The highest BCUT2D eigenvalue weighted by Crippen LogP contribution is 2.26. The van der Waals surface area contributed by atoms with Gasteiger partial charge >= 0.3 is 0 Å². The summed E-state index contributed by atoms with van der Waals surface area (Å²) >= 11 is 1.65. The van der Waals surface area contributed by atoms with Gasteiger partial charge in [0.1, 0.15) is 10.7 Å². The first-order valence-corrected chi connectivity index (χ1v) is 13.1. The van der Waals surface area contributed by atoms with Crippen LogP contribution in [0.3, 0.4) is 0 Å². The van der Waals surface area contributed by atoms with E-state index in [-0.39, 0.29) is 5.56 Å². The lowest BCUT2D eigenvalue weighted by atomic mass is 10.2. The van der Waals surface area contributed by atoms with Gasteiger partial charge in [-0.05, 0) is 66.9 Å². The number of sulfonamides is 1. The highest BCUT2D eigenvalue weighted by molar-refractivity contribution is 7.98. The largest absolute Gasteiger partial charge is 0.322 e. The van der Waals surface area contributed by atoms with E-state index in [1.165, 1.54) is 10.4 Å². The quantitative estimate of drug-likeness (QED) is 0.480. The molecule has 33 heavy (non-hydrogen) atoms. The van der Waals surface area contributed by atoms with Crippen molar-refractivity contribution < 1.29 is 17.6 Å². The molecule has 0 bridgehead atoms. The monoisotopic (exact) mass is 485 g/mol. The van der Waals surface area contributed by atoms with Gasteiger partial charge in [0.25, 0.3) is 5.91 Å². The minimum atomic E-state index is -3.99. The summed E-state index contributed by atoms with van der Waals surface area (Å²) in [5, 5.41) is 2.75. The van der Waals surface area contributed by atoms with E-state index in [1.54, 1.807) is 30.1 Å². The average molecular weight is 486 g/mol. The first kappa shape index (κ1) is 23.4. The molecular weight excluding hydrogens is 461 g/mol. The van der Waals surface area contributed by atoms with Gasteiger partial charge in [-0.25, -0.2) is 12.8 Å². The third kappa shape index (κ3) is 5.79. The van der Waals surface area contributed by atoms with Crippen LogP contribution >= 0.6 is 11.8 Å². The molecular formula is C24H24FN3O3S2. The van der Waals surface area contributed by atoms with Gasteiger partial charge < -0.3 is 5.32 Å². The summed E-state index contributed by atoms with van der Waals surface area (Å²) in [7, 11) is -3.99. The molecule has 0 saturated carbocycles. The van der Waals surface area contributed by atoms with E-state index in [2.05, 4.69) is 10.3 Å². The van der Waals surface area contributed by atoms with Crippen molar-refractivity contribution in [2.45, 2.75) is 34.8 Å². The molecule has 1 amide bonds. The Morgan fingerprint density at radius 2 is 1.82 bits per heavy atom. The standard InChI is InChI=1S/C24H24FN3O3S2/c25-22-11-6-19(15-23(22)33(30,31)28-13-2-1-3-14-28)24(29)27-20-7-9-21(10-8-20)32-17-18-5-4-12-26-16-18/h4-12,15-16H,1-3,13-14,17H2,(H,27,29). The number of pyridine rings is 1. The third-order valence-electron chi connectivity index (χ3n) is 5.37. The number of thioether (sulfide) groups is 1. The zero-order valence-electron chi connectivity index (χ0n) is 17.9. The Bertz CT molecular complexity index is 1210. The summed E-state index contributed by atoms with van der Waals surface area (Å²) in [5.41, 5.74) is 1.77. The van der Waals surface area contributed by atoms with Crippen molar-refractivity contribution in [3.63, 3.8) is 0 Å². The molecule has 0 radical (unpaired) electrons. The van der Waals surface area contributed by atoms with E-state index >= 15 is 0 Å². The SMILES string of the molecule is O=C(Nc1ccc(SCc2cccnc2)cc1)c1ccc(F)c(S(=O)(=O)N2CCCCC2)c1. The van der Waals surface area contributed by atoms with Gasteiger partial charge in [-0.1, -0.05) is 12.5 Å². The van der Waals surface area contributed by atoms with Crippen LogP contribution in [0.2, 0.25) is 0 Å². The van der Waals surface area contributed by atoms with E-state index in [4.69, 9.17) is 0 Å². The predicted octanol–water partition coefficient (Wildman–Crippen LogP) is 4.94. The van der Waals surface area contributed by atoms with Gasteiger partial charge in [0.05, 0.1) is 0 Å². The number of amides is 1. The first-order valence-electron chi connectivity index (χ1n) is 10.7. The molecule has 0 unspecified atom stereocenters. The fraction of sp³-hybridized carbons (Fsp3) is 0.250. The number of hydrogen-bond acceptors (Lipinski definition) is 5. The molecule has 3 aromatic rings. The van der Waals surface area contributed by atoms with E-state index < -0.39 is 26.6 Å². The number of benzene rings is 2. The lowest BCUT2D eigenvalue weighted by Crippen LogP contribution is -2.36. The van der Waals surface area contributed by atoms with Crippen LogP contribution in [-0.2, 0) is 15.8 Å². The summed E-state index contributed by atoms with van der Waals surface area (Å²) in [6, 6.07) is 14.7. The van der Waals surface area contributed by atoms with Crippen LogP contribution in [0.1, 0.15) is 35.2 Å². The number of piperidine rings is 1. The molecule has 1 aliphatic rings. The van der Waals surface area contributed by atoms with E-state index in [0.717, 1.165) is 47.6 Å². The van der Waals surface area contributed by atoms with Gasteiger partial charge in [-0.2, -0.15) is 4.31 Å². The van der Waals surface area contributed by atoms with Crippen molar-refractivity contribution in [1.29, 1.82) is 0 Å². The Labute approximate surface area is 197 Å². The van der Waals surface area contributed by atoms with Gasteiger partial charge in [0.2, 0.25) is 10.0 Å². The van der Waals surface area contributed by atoms with Crippen LogP contribution in [0, 0.1) is 5.82 Å². The van der Waals surface area contributed by atoms with Crippen molar-refractivity contribution in [1.82, 2.24) is 9.29 Å². The number of carbonyl (C=O) groups is 1. The molecule has 2 heterocycles. The summed E-state index contributed by atoms with van der Waals surface area (Å²) < 4.78 is 41.5. The summed E-state index contributed by atoms with van der Waals surface area (Å²) in [4.78, 5) is 17.4. The molecule has 0 atom stereocenters. The van der Waals surface area contributed by atoms with E-state index in [1.807, 2.05) is 30.5 Å². The zero-order chi connectivity index (χ0) is 23.3. The van der Waals surface area contributed by atoms with Crippen LogP contribution < -0.4 is 5.32 Å². The van der Waals surface area contributed by atoms with Crippen LogP contribution in [0.15, 0.2) is 76.8 Å². The first-order chi connectivity index (χ1) is 15.9. The Morgan fingerprint density at radius 3 is 2.52 bits per heavy atom. The molecule has 0 aliphatic carbocycles. The second-order valence-corrected chi connectivity index (χ2v) is 10.7. The van der Waals surface area contributed by atoms with Crippen molar-refractivity contribution in [3.05, 3.63) is 83.9 Å². The highest BCUT2D eigenvalue weighted by Gasteiger charge is 2.29. The number of halogens is 1. The summed E-state index contributed by atoms with van der Waals surface area (Å²) in [5.74, 6) is -0.573. The number of nitrogens with one attached hydrogen (secondary N) is 1. The fourth-order valence-electron chi connectivity index (χ4n) is 3.57. The van der Waals surface area contributed by atoms with E-state index in [0.29, 0.717) is 18.8 Å². The molecule has 1 saturated heterocycles. The molecule has 6 nitrogen and oxygen atoms in total. The smallest absolute Gasteiger partial charge is 0.255 e. The molecule has 172 valence electrons. The second-order valence-electron chi connectivity index (χ2n) is 7.74. The normalized spacial score (nSPS) is 14.7. The fourth-order valence-corrected chi connectivity index (χ4v) is 6.01. The molecule has 4 rings (SSSR count). The van der Waals surface area contributed by atoms with Gasteiger partial charge in [-0.3, -0.25) is 9.78 Å². The Balaban J connectivity index is 1.43. The number of anilines is 1. The van der Waals surface area contributed by atoms with Crippen LogP contribution in [0.4, 0.5) is 10.1 Å². The Hall–Kier alpha value is -2.75. The number of aromatic nitrogens is 1. The van der Waals surface area contributed by atoms with Crippen molar-refractivity contribution in [3.8, 4) is 0 Å². The molecule has 9 heteroatoms. The third-order valence-corrected chi connectivity index (χ3v) is 8.36. The summed E-state index contributed by atoms with van der Waals surface area (Å²) in [6.07, 6.45) is 6.01. The number of rotatable bonds is 7. The Morgan fingerprint density at radius 1 is 1.06 bits per heavy atom. The topological polar surface area (TPSA) is 79.4 Å². The maximum absolute atomic E-state index is 14.4. The van der Waals surface area contributed by atoms with Crippen molar-refractivity contribution in [2.75, 3.05) is 18.4 Å². The lowest BCUT2D eigenvalue weighted by Gasteiger charge is -2.26. The molecule has 1 aliphatic heterocycles. The lowest BCUT2D eigenvalue weighted by molar-refractivity contribution is 0.102. The number of carbonyl (C=O) groups excluding carboxylic acids is 1. The molecule has 2 aromatic carbocycles. The number of hydrogen-bond donors (Lipinski definition) is 1.